The molecule has 0 saturated carbocycles. The van der Waals surface area contributed by atoms with Gasteiger partial charge in [-0.1, -0.05) is 61.8 Å². The van der Waals surface area contributed by atoms with Gasteiger partial charge in [-0.3, -0.25) is 4.79 Å². The number of anilines is 1. The molecule has 0 unspecified atom stereocenters. The van der Waals surface area contributed by atoms with Crippen LogP contribution in [0.3, 0.4) is 0 Å². The summed E-state index contributed by atoms with van der Waals surface area (Å²) >= 11 is 6.48. The Balaban J connectivity index is 1.41. The molecule has 0 amide bonds. The highest BCUT2D eigenvalue weighted by Crippen LogP contribution is 2.46. The van der Waals surface area contributed by atoms with E-state index in [0.717, 1.165) is 22.6 Å². The largest absolute Gasteiger partial charge is 0.454 e. The third-order valence-corrected chi connectivity index (χ3v) is 6.39. The monoisotopic (exact) mass is 475 g/mol. The molecule has 34 heavy (non-hydrogen) atoms. The van der Waals surface area contributed by atoms with Crippen LogP contribution in [0.25, 0.3) is 11.8 Å². The summed E-state index contributed by atoms with van der Waals surface area (Å²) in [4.78, 5) is 26.9. The van der Waals surface area contributed by atoms with E-state index in [0.29, 0.717) is 16.4 Å². The van der Waals surface area contributed by atoms with Gasteiger partial charge in [-0.25, -0.2) is 9.48 Å². The molecule has 174 valence electrons. The fourth-order valence-corrected chi connectivity index (χ4v) is 4.57. The summed E-state index contributed by atoms with van der Waals surface area (Å²) in [7, 11) is 1.93. The van der Waals surface area contributed by atoms with Crippen LogP contribution in [-0.4, -0.2) is 35.2 Å². The van der Waals surface area contributed by atoms with Crippen molar-refractivity contribution in [2.24, 2.45) is 0 Å². The average molecular weight is 476 g/mol. The first-order valence-electron chi connectivity index (χ1n) is 10.9. The third-order valence-electron chi connectivity index (χ3n) is 6.03. The second kappa shape index (κ2) is 9.31. The smallest absolute Gasteiger partial charge is 0.331 e. The maximum Gasteiger partial charge on any atom is 0.331 e. The second-order valence-electron chi connectivity index (χ2n) is 8.68. The molecular weight excluding hydrogens is 450 g/mol. The lowest BCUT2D eigenvalue weighted by Gasteiger charge is -2.23. The van der Waals surface area contributed by atoms with Crippen LogP contribution in [0, 0.1) is 6.92 Å². The number of likely N-dealkylation sites (N-methyl/N-ethyl adjacent to an activating group) is 1. The number of fused-ring (bicyclic) bond motifs is 1. The quantitative estimate of drug-likeness (QED) is 0.359. The Kier molecular flexibility index (Phi) is 6.44. The van der Waals surface area contributed by atoms with Crippen LogP contribution in [0.4, 0.5) is 5.69 Å². The predicted molar refractivity (Wildman–Crippen MR) is 134 cm³/mol. The maximum absolute atomic E-state index is 12.6. The lowest BCUT2D eigenvalue weighted by atomic mass is 9.83. The number of ether oxygens (including phenoxy) is 1. The first kappa shape index (κ1) is 23.5. The summed E-state index contributed by atoms with van der Waals surface area (Å²) in [6, 6.07) is 17.5. The minimum Gasteiger partial charge on any atom is -0.454 e. The molecular formula is C27H26ClN3O3. The van der Waals surface area contributed by atoms with Gasteiger partial charge in [0.15, 0.2) is 12.4 Å². The molecule has 0 atom stereocenters. The first-order valence-corrected chi connectivity index (χ1v) is 11.3. The van der Waals surface area contributed by atoms with Gasteiger partial charge in [0.05, 0.1) is 11.4 Å². The summed E-state index contributed by atoms with van der Waals surface area (Å²) < 4.78 is 6.79. The van der Waals surface area contributed by atoms with Gasteiger partial charge >= 0.3 is 5.97 Å². The van der Waals surface area contributed by atoms with Gasteiger partial charge in [0.2, 0.25) is 0 Å². The summed E-state index contributed by atoms with van der Waals surface area (Å²) in [5, 5.41) is 4.83. The number of hydrogen-bond donors (Lipinski definition) is 0. The van der Waals surface area contributed by atoms with Crippen molar-refractivity contribution in [2.75, 3.05) is 18.6 Å². The molecule has 0 spiro atoms. The maximum atomic E-state index is 12.6. The number of allylic oxidation sites excluding steroid dienone is 1. The van der Waals surface area contributed by atoms with Crippen molar-refractivity contribution < 1.29 is 14.3 Å². The number of para-hydroxylation sites is 2. The molecule has 4 rings (SSSR count). The highest BCUT2D eigenvalue weighted by molar-refractivity contribution is 6.31. The van der Waals surface area contributed by atoms with E-state index in [4.69, 9.17) is 16.3 Å². The van der Waals surface area contributed by atoms with E-state index in [2.05, 4.69) is 25.0 Å². The minimum atomic E-state index is -0.628. The van der Waals surface area contributed by atoms with Gasteiger partial charge in [-0.2, -0.15) is 5.10 Å². The zero-order valence-electron chi connectivity index (χ0n) is 19.6. The molecule has 6 nitrogen and oxygen atoms in total. The van der Waals surface area contributed by atoms with E-state index >= 15 is 0 Å². The summed E-state index contributed by atoms with van der Waals surface area (Å²) in [6.07, 6.45) is 4.37. The van der Waals surface area contributed by atoms with Crippen molar-refractivity contribution in [3.05, 3.63) is 94.4 Å². The number of halogens is 1. The lowest BCUT2D eigenvalue weighted by Crippen LogP contribution is -2.25. The average Bonchev–Trinajstić information content (AvgIpc) is 3.22. The van der Waals surface area contributed by atoms with Crippen LogP contribution in [0.15, 0.2) is 72.4 Å². The van der Waals surface area contributed by atoms with E-state index in [1.54, 1.807) is 16.8 Å². The van der Waals surface area contributed by atoms with E-state index in [9.17, 15) is 9.59 Å². The van der Waals surface area contributed by atoms with Crippen molar-refractivity contribution in [2.45, 2.75) is 26.2 Å². The molecule has 2 aromatic carbocycles. The van der Waals surface area contributed by atoms with E-state index in [-0.39, 0.29) is 17.8 Å². The van der Waals surface area contributed by atoms with E-state index in [1.165, 1.54) is 6.08 Å². The molecule has 7 heteroatoms. The first-order chi connectivity index (χ1) is 16.2. The van der Waals surface area contributed by atoms with Crippen LogP contribution in [0.1, 0.15) is 30.7 Å². The third kappa shape index (κ3) is 4.41. The molecule has 0 aliphatic carbocycles. The molecule has 3 aromatic rings. The number of aryl methyl sites for hydroxylation is 1. The number of hydrogen-bond acceptors (Lipinski definition) is 5. The van der Waals surface area contributed by atoms with Gasteiger partial charge in [-0.05, 0) is 36.8 Å². The number of carbonyl (C=O) groups is 2. The number of aromatic nitrogens is 2. The molecule has 0 bridgehead atoms. The highest BCUT2D eigenvalue weighted by atomic mass is 35.5. The fraction of sp³-hybridized carbons (Fsp3) is 0.222. The number of carbonyl (C=O) groups excluding carboxylic acids is 2. The molecule has 2 heterocycles. The predicted octanol–water partition coefficient (Wildman–Crippen LogP) is 5.27. The Morgan fingerprint density at radius 3 is 2.47 bits per heavy atom. The molecule has 1 aliphatic rings. The zero-order chi connectivity index (χ0) is 24.5. The van der Waals surface area contributed by atoms with Gasteiger partial charge in [-0.15, -0.1) is 0 Å². The molecule has 0 fully saturated rings. The lowest BCUT2D eigenvalue weighted by molar-refractivity contribution is -0.141. The SMILES string of the molecule is Cc1nn(-c2ccccc2)c(Cl)c1C=CC(=O)OCC(=O)C=C1N(C)c2ccccc2C1(C)C. The highest BCUT2D eigenvalue weighted by Gasteiger charge is 2.38. The zero-order valence-corrected chi connectivity index (χ0v) is 20.3. The van der Waals surface area contributed by atoms with Crippen molar-refractivity contribution in [1.29, 1.82) is 0 Å². The van der Waals surface area contributed by atoms with Crippen LogP contribution in [-0.2, 0) is 19.7 Å². The molecule has 0 N–H and O–H groups in total. The molecule has 0 saturated heterocycles. The minimum absolute atomic E-state index is 0.282. The van der Waals surface area contributed by atoms with Crippen molar-refractivity contribution in [3.63, 3.8) is 0 Å². The number of nitrogens with zero attached hydrogens (tertiary/aromatic N) is 3. The van der Waals surface area contributed by atoms with Gasteiger partial charge in [0.25, 0.3) is 0 Å². The summed E-state index contributed by atoms with van der Waals surface area (Å²) in [5.74, 6) is -0.910. The Morgan fingerprint density at radius 1 is 1.09 bits per heavy atom. The Hall–Kier alpha value is -3.64. The topological polar surface area (TPSA) is 64.4 Å². The number of rotatable bonds is 6. The molecule has 1 aromatic heterocycles. The fourth-order valence-electron chi connectivity index (χ4n) is 4.24. The van der Waals surface area contributed by atoms with Crippen molar-refractivity contribution >= 4 is 35.1 Å². The van der Waals surface area contributed by atoms with Gasteiger partial charge < -0.3 is 9.64 Å². The molecule has 1 aliphatic heterocycles. The van der Waals surface area contributed by atoms with Gasteiger partial charge in [0.1, 0.15) is 5.15 Å². The van der Waals surface area contributed by atoms with Gasteiger partial charge in [0, 0.05) is 41.6 Å². The van der Waals surface area contributed by atoms with Crippen LogP contribution < -0.4 is 4.90 Å². The van der Waals surface area contributed by atoms with Crippen molar-refractivity contribution in [1.82, 2.24) is 9.78 Å². The number of ketones is 1. The van der Waals surface area contributed by atoms with Crippen LogP contribution in [0.5, 0.6) is 0 Å². The van der Waals surface area contributed by atoms with E-state index < -0.39 is 5.97 Å². The Bertz CT molecular complexity index is 1310. The summed E-state index contributed by atoms with van der Waals surface area (Å²) in [5.41, 5.74) is 4.86. The summed E-state index contributed by atoms with van der Waals surface area (Å²) in [6.45, 7) is 5.61. The number of esters is 1. The van der Waals surface area contributed by atoms with Crippen LogP contribution >= 0.6 is 11.6 Å². The Labute approximate surface area is 204 Å². The van der Waals surface area contributed by atoms with E-state index in [1.807, 2.05) is 67.4 Å². The normalized spacial score (nSPS) is 15.7. The number of benzene rings is 2. The Morgan fingerprint density at radius 2 is 1.76 bits per heavy atom. The standard InChI is InChI=1S/C27H26ClN3O3/c1-18-21(26(28)31(29-18)19-10-6-5-7-11-19)14-15-25(33)34-17-20(32)16-24-27(2,3)22-12-8-9-13-23(22)30(24)4/h5-16H,17H2,1-4H3. The molecule has 0 radical (unpaired) electrons. The second-order valence-corrected chi connectivity index (χ2v) is 9.03. The van der Waals surface area contributed by atoms with Crippen LogP contribution in [0.2, 0.25) is 5.15 Å². The van der Waals surface area contributed by atoms with Crippen molar-refractivity contribution in [3.8, 4) is 5.69 Å².